The Morgan fingerprint density at radius 1 is 1.06 bits per heavy atom. The molecule has 0 aliphatic rings. The molecule has 0 saturated carbocycles. The molecule has 16 heavy (non-hydrogen) atoms. The van der Waals surface area contributed by atoms with Gasteiger partial charge in [-0.05, 0) is 19.6 Å². The van der Waals surface area contributed by atoms with Crippen LogP contribution >= 0.6 is 15.3 Å². The van der Waals surface area contributed by atoms with Crippen LogP contribution in [-0.2, 0) is 9.22 Å². The lowest BCUT2D eigenvalue weighted by atomic mass is 10.7. The number of halogens is 4. The fourth-order valence-corrected chi connectivity index (χ4v) is 1.01. The minimum absolute atomic E-state index is 0.799. The summed E-state index contributed by atoms with van der Waals surface area (Å²) in [5.41, 5.74) is 0. The van der Waals surface area contributed by atoms with Crippen LogP contribution in [0.5, 0.6) is 0 Å². The number of alkyl halides is 3. The van der Waals surface area contributed by atoms with E-state index in [4.69, 9.17) is 0 Å². The topological polar surface area (TPSA) is 26.3 Å². The summed E-state index contributed by atoms with van der Waals surface area (Å²) < 4.78 is 38.8. The molecule has 0 rings (SSSR count). The molecule has 0 aliphatic carbocycles. The summed E-state index contributed by atoms with van der Waals surface area (Å²) >= 11 is 3.51. The lowest BCUT2D eigenvalue weighted by Gasteiger charge is -2.17. The fourth-order valence-electron chi connectivity index (χ4n) is 0.336. The summed E-state index contributed by atoms with van der Waals surface area (Å²) in [5.74, 6) is -2.09. The predicted molar refractivity (Wildman–Crippen MR) is 67.8 cm³/mol. The Labute approximate surface area is 104 Å². The van der Waals surface area contributed by atoms with Crippen molar-refractivity contribution in [1.82, 2.24) is 0 Å². The summed E-state index contributed by atoms with van der Waals surface area (Å²) in [5, 5.41) is 0. The summed E-state index contributed by atoms with van der Waals surface area (Å²) in [7, 11) is -2.40. The molecule has 0 spiro atoms. The van der Waals surface area contributed by atoms with Crippen LogP contribution in [0.3, 0.4) is 0 Å². The lowest BCUT2D eigenvalue weighted by molar-refractivity contribution is -0.190. The maximum atomic E-state index is 11.5. The van der Waals surface area contributed by atoms with Gasteiger partial charge < -0.3 is 4.43 Å². The highest BCUT2D eigenvalue weighted by atomic mass is 79.9. The van der Waals surface area contributed by atoms with Gasteiger partial charge in [-0.15, -0.1) is 15.3 Å². The smallest absolute Gasteiger partial charge is 0.489 e. The quantitative estimate of drug-likeness (QED) is 0.530. The van der Waals surface area contributed by atoms with Gasteiger partial charge in [-0.25, -0.2) is 4.79 Å². The van der Waals surface area contributed by atoms with E-state index in [1.54, 1.807) is 0 Å². The third kappa shape index (κ3) is 19.7. The zero-order valence-corrected chi connectivity index (χ0v) is 13.9. The largest absolute Gasteiger partial charge is 0.513 e. The van der Waals surface area contributed by atoms with Crippen molar-refractivity contribution in [2.24, 2.45) is 0 Å². The number of carbonyl (C=O) groups excluding carboxylic acids is 1. The van der Waals surface area contributed by atoms with Crippen LogP contribution in [0, 0.1) is 0 Å². The number of rotatable bonds is 1. The third-order valence-electron chi connectivity index (χ3n) is 0.630. The van der Waals surface area contributed by atoms with E-state index in [9.17, 15) is 18.0 Å². The maximum absolute atomic E-state index is 11.5. The van der Waals surface area contributed by atoms with E-state index < -0.39 is 27.2 Å². The Kier molecular flexibility index (Phi) is 7.18. The summed E-state index contributed by atoms with van der Waals surface area (Å²) in [6.45, 7) is 10.5. The molecule has 98 valence electrons. The first-order chi connectivity index (χ1) is 6.63. The molecule has 0 radical (unpaired) electrons. The Morgan fingerprint density at radius 2 is 1.31 bits per heavy atom. The van der Waals surface area contributed by atoms with Crippen LogP contribution in [-0.4, -0.2) is 27.2 Å². The Hall–Kier alpha value is 0.174. The second-order valence-electron chi connectivity index (χ2n) is 5.07. The molecule has 0 heterocycles. The summed E-state index contributed by atoms with van der Waals surface area (Å²) in [6.07, 6.45) is -4.86. The zero-order chi connectivity index (χ0) is 13.8. The van der Waals surface area contributed by atoms with Crippen LogP contribution in [0.2, 0.25) is 39.3 Å². The lowest BCUT2D eigenvalue weighted by Crippen LogP contribution is -2.36. The molecule has 0 unspecified atom stereocenters. The van der Waals surface area contributed by atoms with E-state index >= 15 is 0 Å². The van der Waals surface area contributed by atoms with E-state index in [-0.39, 0.29) is 0 Å². The van der Waals surface area contributed by atoms with E-state index in [1.165, 1.54) is 19.6 Å². The molecule has 2 nitrogen and oxygen atoms in total. The summed E-state index contributed by atoms with van der Waals surface area (Å²) in [4.78, 5) is 10.2. The minimum Gasteiger partial charge on any atom is -0.513 e. The van der Waals surface area contributed by atoms with Crippen LogP contribution in [0.1, 0.15) is 0 Å². The average Bonchev–Trinajstić information content (AvgIpc) is 1.75. The van der Waals surface area contributed by atoms with Gasteiger partial charge in [-0.2, -0.15) is 13.2 Å². The molecule has 0 aliphatic heterocycles. The SMILES string of the molecule is C[Si](C)(C)Br.C[Si](C)(C)OC(=O)C(F)(F)F. The third-order valence-corrected chi connectivity index (χ3v) is 1.43. The molecule has 8 heteroatoms. The molecule has 0 amide bonds. The van der Waals surface area contributed by atoms with Crippen molar-refractivity contribution >= 4 is 36.3 Å². The van der Waals surface area contributed by atoms with Crippen LogP contribution in [0.25, 0.3) is 0 Å². The highest BCUT2D eigenvalue weighted by molar-refractivity contribution is 9.26. The highest BCUT2D eigenvalue weighted by Gasteiger charge is 2.42. The van der Waals surface area contributed by atoms with Gasteiger partial charge in [-0.1, -0.05) is 19.6 Å². The molecule has 0 atom stereocenters. The number of hydrogen-bond acceptors (Lipinski definition) is 2. The Bertz CT molecular complexity index is 225. The standard InChI is InChI=1S/C5H9F3O2Si.C3H9BrSi/c1-11(2,3)10-4(9)5(6,7)8;1-5(2,3)4/h1-3H3;1-3H3. The van der Waals surface area contributed by atoms with Gasteiger partial charge in [-0.3, -0.25) is 0 Å². The molecule has 0 aromatic rings. The van der Waals surface area contributed by atoms with E-state index in [1.807, 2.05) is 0 Å². The Balaban J connectivity index is 0. The maximum Gasteiger partial charge on any atom is 0.489 e. The van der Waals surface area contributed by atoms with Crippen molar-refractivity contribution in [2.75, 3.05) is 0 Å². The summed E-state index contributed by atoms with van der Waals surface area (Å²) in [6, 6.07) is 0. The normalized spacial score (nSPS) is 12.6. The minimum atomic E-state index is -4.86. The van der Waals surface area contributed by atoms with Gasteiger partial charge in [0.2, 0.25) is 8.32 Å². The highest BCUT2D eigenvalue weighted by Crippen LogP contribution is 2.19. The molecule has 0 aromatic carbocycles. The zero-order valence-electron chi connectivity index (χ0n) is 10.3. The van der Waals surface area contributed by atoms with Crippen molar-refractivity contribution in [2.45, 2.75) is 45.5 Å². The van der Waals surface area contributed by atoms with E-state index in [0.717, 1.165) is 0 Å². The number of hydrogen-bond donors (Lipinski definition) is 0. The van der Waals surface area contributed by atoms with Crippen molar-refractivity contribution in [1.29, 1.82) is 0 Å². The molecular weight excluding hydrogens is 321 g/mol. The molecule has 0 bridgehead atoms. The molecule has 0 aromatic heterocycles. The van der Waals surface area contributed by atoms with Crippen LogP contribution in [0.15, 0.2) is 0 Å². The van der Waals surface area contributed by atoms with E-state index in [2.05, 4.69) is 39.4 Å². The second kappa shape index (κ2) is 6.20. The Morgan fingerprint density at radius 3 is 1.38 bits per heavy atom. The van der Waals surface area contributed by atoms with Gasteiger partial charge in [0.1, 0.15) is 6.69 Å². The first kappa shape index (κ1) is 18.5. The fraction of sp³-hybridized carbons (Fsp3) is 0.875. The monoisotopic (exact) mass is 338 g/mol. The number of carbonyl (C=O) groups is 1. The van der Waals surface area contributed by atoms with Gasteiger partial charge in [0.25, 0.3) is 0 Å². The van der Waals surface area contributed by atoms with Crippen molar-refractivity contribution < 1.29 is 22.4 Å². The first-order valence-electron chi connectivity index (χ1n) is 4.62. The molecule has 0 fully saturated rings. The van der Waals surface area contributed by atoms with Crippen molar-refractivity contribution in [3.63, 3.8) is 0 Å². The van der Waals surface area contributed by atoms with Crippen LogP contribution in [0.4, 0.5) is 13.2 Å². The average molecular weight is 339 g/mol. The molecule has 0 N–H and O–H groups in total. The predicted octanol–water partition coefficient (Wildman–Crippen LogP) is 4.14. The van der Waals surface area contributed by atoms with Gasteiger partial charge >= 0.3 is 12.1 Å². The van der Waals surface area contributed by atoms with E-state index in [0.29, 0.717) is 0 Å². The van der Waals surface area contributed by atoms with Gasteiger partial charge in [0, 0.05) is 0 Å². The second-order valence-corrected chi connectivity index (χ2v) is 20.8. The molecule has 0 saturated heterocycles. The van der Waals surface area contributed by atoms with Crippen LogP contribution < -0.4 is 0 Å². The first-order valence-corrected chi connectivity index (χ1v) is 13.8. The van der Waals surface area contributed by atoms with Gasteiger partial charge in [0.15, 0.2) is 0 Å². The van der Waals surface area contributed by atoms with Crippen molar-refractivity contribution in [3.8, 4) is 0 Å². The van der Waals surface area contributed by atoms with Gasteiger partial charge in [0.05, 0.1) is 0 Å². The molecular formula is C8H18BrF3O2Si2. The van der Waals surface area contributed by atoms with Crippen molar-refractivity contribution in [3.05, 3.63) is 0 Å².